The number of carboxylic acids is 1. The highest BCUT2D eigenvalue weighted by atomic mass is 16.6. The summed E-state index contributed by atoms with van der Waals surface area (Å²) < 4.78 is 10.5. The summed E-state index contributed by atoms with van der Waals surface area (Å²) in [5.41, 5.74) is 0.791. The maximum absolute atomic E-state index is 13.5. The van der Waals surface area contributed by atoms with Gasteiger partial charge in [0.25, 0.3) is 12.4 Å². The van der Waals surface area contributed by atoms with E-state index in [9.17, 15) is 24.3 Å². The molecule has 15 heteroatoms. The molecule has 2 atom stereocenters. The van der Waals surface area contributed by atoms with Gasteiger partial charge in [0, 0.05) is 64.4 Å². The number of aromatic nitrogens is 2. The first-order valence-corrected chi connectivity index (χ1v) is 14.2. The average Bonchev–Trinajstić information content (AvgIpc) is 3.53. The van der Waals surface area contributed by atoms with E-state index >= 15 is 0 Å². The normalized spacial score (nSPS) is 16.8. The van der Waals surface area contributed by atoms with Crippen LogP contribution in [0.15, 0.2) is 36.4 Å². The number of benzene rings is 1. The zero-order valence-corrected chi connectivity index (χ0v) is 24.8. The molecule has 0 saturated carbocycles. The molecule has 0 aliphatic carbocycles. The molecule has 3 amide bonds. The molecular weight excluding hydrogens is 576 g/mol. The van der Waals surface area contributed by atoms with Crippen LogP contribution < -0.4 is 10.2 Å². The van der Waals surface area contributed by atoms with Crippen molar-refractivity contribution in [1.29, 1.82) is 0 Å². The second-order valence-corrected chi connectivity index (χ2v) is 9.97. The van der Waals surface area contributed by atoms with E-state index in [1.807, 2.05) is 35.2 Å². The number of carbonyl (C=O) groups excluding carboxylic acids is 3. The molecular formula is C29H38N6O9. The number of hydrogen-bond acceptors (Lipinski definition) is 10. The van der Waals surface area contributed by atoms with Gasteiger partial charge in [0.1, 0.15) is 17.6 Å². The number of rotatable bonds is 10. The predicted octanol–water partition coefficient (Wildman–Crippen LogP) is 1.33. The van der Waals surface area contributed by atoms with Crippen LogP contribution in [0.25, 0.3) is 11.4 Å². The van der Waals surface area contributed by atoms with Crippen LogP contribution in [0.1, 0.15) is 36.7 Å². The van der Waals surface area contributed by atoms with Gasteiger partial charge in [0.15, 0.2) is 5.82 Å². The Balaban J connectivity index is 0.00000169. The first-order valence-electron chi connectivity index (χ1n) is 14.2. The second-order valence-electron chi connectivity index (χ2n) is 9.97. The van der Waals surface area contributed by atoms with Gasteiger partial charge in [-0.05, 0) is 19.8 Å². The molecule has 2 fully saturated rings. The minimum absolute atomic E-state index is 0.0460. The molecule has 0 spiro atoms. The van der Waals surface area contributed by atoms with E-state index < -0.39 is 29.9 Å². The zero-order valence-electron chi connectivity index (χ0n) is 24.8. The van der Waals surface area contributed by atoms with Crippen LogP contribution in [0, 0.1) is 0 Å². The standard InChI is InChI=1S/C28H36N6O7.CH2O2/c1-3-41-28(39)33-15-13-32(14-16-33)27(38)21(9-10-24(35)36)30-26(37)22-17-23(34-12-11-20(18-34)40-2)31-25(29-22)19-7-5-4-6-8-19;2-1-3/h4-8,17,20-21H,3,9-16,18H2,1-2H3,(H,30,37)(H,35,36);1H,(H,2,3)/t20-,21+;/m1./s1. The fraction of sp³-hybridized carbons (Fsp3) is 0.483. The lowest BCUT2D eigenvalue weighted by Crippen LogP contribution is -2.56. The Morgan fingerprint density at radius 3 is 2.32 bits per heavy atom. The van der Waals surface area contributed by atoms with Crippen LogP contribution in [-0.2, 0) is 23.9 Å². The van der Waals surface area contributed by atoms with Gasteiger partial charge < -0.3 is 39.7 Å². The van der Waals surface area contributed by atoms with Crippen molar-refractivity contribution in [3.63, 3.8) is 0 Å². The SMILES string of the molecule is CCOC(=O)N1CCN(C(=O)[C@H](CCC(=O)O)NC(=O)c2cc(N3CC[C@@H](OC)C3)nc(-c3ccccc3)n2)CC1.O=CO. The summed E-state index contributed by atoms with van der Waals surface area (Å²) in [6.07, 6.45) is 0.0143. The first kappa shape index (κ1) is 33.7. The van der Waals surface area contributed by atoms with Crippen molar-refractivity contribution in [2.45, 2.75) is 38.3 Å². The number of nitrogens with one attached hydrogen (secondary N) is 1. The Morgan fingerprint density at radius 1 is 1.07 bits per heavy atom. The summed E-state index contributed by atoms with van der Waals surface area (Å²) in [5, 5.41) is 18.9. The lowest BCUT2D eigenvalue weighted by molar-refractivity contribution is -0.138. The van der Waals surface area contributed by atoms with Gasteiger partial charge in [-0.1, -0.05) is 30.3 Å². The van der Waals surface area contributed by atoms with Crippen molar-refractivity contribution in [3.8, 4) is 11.4 Å². The molecule has 3 heterocycles. The number of amides is 3. The molecule has 15 nitrogen and oxygen atoms in total. The third kappa shape index (κ3) is 9.36. The van der Waals surface area contributed by atoms with Crippen LogP contribution in [0.2, 0.25) is 0 Å². The third-order valence-corrected chi connectivity index (χ3v) is 7.15. The number of carboxylic acid groups (broad SMARTS) is 2. The molecule has 2 saturated heterocycles. The summed E-state index contributed by atoms with van der Waals surface area (Å²) in [6, 6.07) is 9.76. The molecule has 0 unspecified atom stereocenters. The number of aliphatic carboxylic acids is 1. The Labute approximate surface area is 254 Å². The average molecular weight is 615 g/mol. The highest BCUT2D eigenvalue weighted by Gasteiger charge is 2.32. The smallest absolute Gasteiger partial charge is 0.409 e. The Hall–Kier alpha value is -4.79. The maximum Gasteiger partial charge on any atom is 0.409 e. The van der Waals surface area contributed by atoms with Crippen molar-refractivity contribution in [1.82, 2.24) is 25.1 Å². The Bertz CT molecular complexity index is 1290. The van der Waals surface area contributed by atoms with Gasteiger partial charge in [0.05, 0.1) is 12.7 Å². The number of anilines is 1. The summed E-state index contributed by atoms with van der Waals surface area (Å²) in [4.78, 5) is 73.0. The van der Waals surface area contributed by atoms with Crippen LogP contribution >= 0.6 is 0 Å². The number of ether oxygens (including phenoxy) is 2. The first-order chi connectivity index (χ1) is 21.2. The van der Waals surface area contributed by atoms with E-state index in [-0.39, 0.29) is 63.9 Å². The molecule has 44 heavy (non-hydrogen) atoms. The quantitative estimate of drug-likeness (QED) is 0.326. The molecule has 1 aromatic heterocycles. The molecule has 2 aliphatic heterocycles. The Kier molecular flexibility index (Phi) is 12.8. The molecule has 0 bridgehead atoms. The third-order valence-electron chi connectivity index (χ3n) is 7.15. The minimum atomic E-state index is -1.09. The van der Waals surface area contributed by atoms with Crippen molar-refractivity contribution < 1.29 is 43.7 Å². The number of carbonyl (C=O) groups is 5. The van der Waals surface area contributed by atoms with Gasteiger partial charge in [-0.25, -0.2) is 14.8 Å². The van der Waals surface area contributed by atoms with Crippen LogP contribution in [-0.4, -0.2) is 125 Å². The van der Waals surface area contributed by atoms with Crippen LogP contribution in [0.4, 0.5) is 10.6 Å². The van der Waals surface area contributed by atoms with Crippen LogP contribution in [0.5, 0.6) is 0 Å². The maximum atomic E-state index is 13.5. The highest BCUT2D eigenvalue weighted by Crippen LogP contribution is 2.24. The minimum Gasteiger partial charge on any atom is -0.483 e. The van der Waals surface area contributed by atoms with Crippen molar-refractivity contribution in [2.75, 3.05) is 57.9 Å². The molecule has 2 aromatic rings. The molecule has 238 valence electrons. The summed E-state index contributed by atoms with van der Waals surface area (Å²) in [7, 11) is 1.66. The predicted molar refractivity (Wildman–Crippen MR) is 157 cm³/mol. The monoisotopic (exact) mass is 614 g/mol. The Morgan fingerprint density at radius 2 is 1.73 bits per heavy atom. The number of hydrogen-bond donors (Lipinski definition) is 3. The van der Waals surface area contributed by atoms with Gasteiger partial charge in [-0.3, -0.25) is 19.2 Å². The fourth-order valence-electron chi connectivity index (χ4n) is 4.86. The van der Waals surface area contributed by atoms with E-state index in [4.69, 9.17) is 24.4 Å². The molecule has 2 aliphatic rings. The fourth-order valence-corrected chi connectivity index (χ4v) is 4.86. The molecule has 3 N–H and O–H groups in total. The van der Waals surface area contributed by atoms with Gasteiger partial charge in [-0.2, -0.15) is 0 Å². The summed E-state index contributed by atoms with van der Waals surface area (Å²) in [5.74, 6) is -1.18. The van der Waals surface area contributed by atoms with Crippen molar-refractivity contribution in [2.24, 2.45) is 0 Å². The topological polar surface area (TPSA) is 192 Å². The van der Waals surface area contributed by atoms with E-state index in [1.54, 1.807) is 20.1 Å². The molecule has 1 aromatic carbocycles. The second kappa shape index (κ2) is 16.7. The van der Waals surface area contributed by atoms with Crippen molar-refractivity contribution >= 4 is 36.2 Å². The van der Waals surface area contributed by atoms with Crippen LogP contribution in [0.3, 0.4) is 0 Å². The van der Waals surface area contributed by atoms with E-state index in [1.165, 1.54) is 9.80 Å². The molecule has 4 rings (SSSR count). The number of methoxy groups -OCH3 is 1. The van der Waals surface area contributed by atoms with E-state index in [2.05, 4.69) is 10.3 Å². The van der Waals surface area contributed by atoms with Gasteiger partial charge in [-0.15, -0.1) is 0 Å². The number of piperazine rings is 1. The lowest BCUT2D eigenvalue weighted by Gasteiger charge is -2.35. The zero-order chi connectivity index (χ0) is 32.1. The summed E-state index contributed by atoms with van der Waals surface area (Å²) in [6.45, 7) is 4.06. The highest BCUT2D eigenvalue weighted by molar-refractivity contribution is 5.97. The van der Waals surface area contributed by atoms with E-state index in [0.717, 1.165) is 12.0 Å². The van der Waals surface area contributed by atoms with Gasteiger partial charge >= 0.3 is 12.1 Å². The summed E-state index contributed by atoms with van der Waals surface area (Å²) >= 11 is 0. The van der Waals surface area contributed by atoms with Crippen molar-refractivity contribution in [3.05, 3.63) is 42.1 Å². The largest absolute Gasteiger partial charge is 0.483 e. The lowest BCUT2D eigenvalue weighted by atomic mass is 10.1. The number of nitrogens with zero attached hydrogens (tertiary/aromatic N) is 5. The van der Waals surface area contributed by atoms with E-state index in [0.29, 0.717) is 24.7 Å². The molecule has 0 radical (unpaired) electrons. The van der Waals surface area contributed by atoms with Gasteiger partial charge in [0.2, 0.25) is 5.91 Å².